The van der Waals surface area contributed by atoms with Crippen molar-refractivity contribution in [1.29, 1.82) is 0 Å². The Kier molecular flexibility index (Phi) is 4.81. The average molecular weight is 334 g/mol. The Labute approximate surface area is 143 Å². The van der Waals surface area contributed by atoms with Crippen LogP contribution in [0.15, 0.2) is 24.3 Å². The summed E-state index contributed by atoms with van der Waals surface area (Å²) in [6.45, 7) is 7.85. The van der Waals surface area contributed by atoms with Crippen LogP contribution in [0.25, 0.3) is 0 Å². The number of ether oxygens (including phenoxy) is 1. The zero-order valence-electron chi connectivity index (χ0n) is 14.8. The van der Waals surface area contributed by atoms with Crippen LogP contribution in [0, 0.1) is 5.82 Å². The molecule has 0 spiro atoms. The van der Waals surface area contributed by atoms with Gasteiger partial charge in [-0.2, -0.15) is 0 Å². The molecule has 4 nitrogen and oxygen atoms in total. The number of carbonyl (C=O) groups is 1. The van der Waals surface area contributed by atoms with Crippen LogP contribution in [0.5, 0.6) is 0 Å². The van der Waals surface area contributed by atoms with Crippen molar-refractivity contribution in [3.8, 4) is 0 Å². The lowest BCUT2D eigenvalue weighted by Crippen LogP contribution is -2.53. The summed E-state index contributed by atoms with van der Waals surface area (Å²) in [7, 11) is 0. The molecule has 2 atom stereocenters. The van der Waals surface area contributed by atoms with Crippen molar-refractivity contribution in [2.24, 2.45) is 0 Å². The first-order chi connectivity index (χ1) is 11.4. The molecule has 2 aliphatic rings. The summed E-state index contributed by atoms with van der Waals surface area (Å²) in [5, 5.41) is 0. The Hall–Kier alpha value is -1.62. The highest BCUT2D eigenvalue weighted by Gasteiger charge is 2.50. The van der Waals surface area contributed by atoms with Crippen molar-refractivity contribution in [3.63, 3.8) is 0 Å². The maximum absolute atomic E-state index is 13.3. The lowest BCUT2D eigenvalue weighted by molar-refractivity contribution is -0.139. The van der Waals surface area contributed by atoms with Gasteiger partial charge in [0.15, 0.2) is 0 Å². The van der Waals surface area contributed by atoms with E-state index in [4.69, 9.17) is 4.74 Å². The van der Waals surface area contributed by atoms with Gasteiger partial charge in [-0.1, -0.05) is 0 Å². The molecule has 0 radical (unpaired) electrons. The van der Waals surface area contributed by atoms with Crippen molar-refractivity contribution in [1.82, 2.24) is 4.90 Å². The van der Waals surface area contributed by atoms with Crippen molar-refractivity contribution >= 4 is 11.6 Å². The van der Waals surface area contributed by atoms with Crippen LogP contribution >= 0.6 is 0 Å². The van der Waals surface area contributed by atoms with Crippen molar-refractivity contribution in [2.75, 3.05) is 24.7 Å². The summed E-state index contributed by atoms with van der Waals surface area (Å²) in [5.41, 5.74) is 0.967. The maximum Gasteiger partial charge on any atom is 0.248 e. The van der Waals surface area contributed by atoms with E-state index < -0.39 is 0 Å². The number of carbonyl (C=O) groups excluding carboxylic acids is 1. The lowest BCUT2D eigenvalue weighted by atomic mass is 9.94. The Bertz CT molecular complexity index is 588. The largest absolute Gasteiger partial charge is 0.372 e. The molecule has 0 unspecified atom stereocenters. The van der Waals surface area contributed by atoms with E-state index in [0.29, 0.717) is 6.61 Å². The molecule has 3 rings (SSSR count). The van der Waals surface area contributed by atoms with Gasteiger partial charge in [0.05, 0.1) is 12.1 Å². The highest BCUT2D eigenvalue weighted by Crippen LogP contribution is 2.43. The molecule has 1 amide bonds. The molecule has 2 fully saturated rings. The van der Waals surface area contributed by atoms with E-state index >= 15 is 0 Å². The van der Waals surface area contributed by atoms with E-state index in [1.807, 2.05) is 24.0 Å². The van der Waals surface area contributed by atoms with Gasteiger partial charge in [-0.15, -0.1) is 0 Å². The third kappa shape index (κ3) is 3.14. The van der Waals surface area contributed by atoms with Gasteiger partial charge in [-0.3, -0.25) is 4.79 Å². The van der Waals surface area contributed by atoms with Crippen LogP contribution in [0.1, 0.15) is 40.0 Å². The van der Waals surface area contributed by atoms with Gasteiger partial charge in [-0.05, 0) is 64.3 Å². The van der Waals surface area contributed by atoms with Crippen LogP contribution < -0.4 is 4.90 Å². The van der Waals surface area contributed by atoms with Gasteiger partial charge < -0.3 is 14.5 Å². The molecule has 2 aliphatic heterocycles. The molecule has 0 N–H and O–H groups in total. The number of nitrogens with zero attached hydrogens (tertiary/aromatic N) is 2. The molecule has 0 saturated carbocycles. The van der Waals surface area contributed by atoms with E-state index in [0.717, 1.165) is 31.5 Å². The van der Waals surface area contributed by atoms with Gasteiger partial charge in [0.2, 0.25) is 5.91 Å². The molecule has 5 heteroatoms. The molecule has 2 heterocycles. The molecule has 0 aromatic heterocycles. The van der Waals surface area contributed by atoms with Crippen LogP contribution in [-0.2, 0) is 9.53 Å². The third-order valence-electron chi connectivity index (χ3n) is 5.29. The van der Waals surface area contributed by atoms with E-state index in [2.05, 4.69) is 18.7 Å². The van der Waals surface area contributed by atoms with E-state index in [1.165, 1.54) is 12.1 Å². The molecule has 2 saturated heterocycles. The summed E-state index contributed by atoms with van der Waals surface area (Å²) in [6, 6.07) is 7.21. The SMILES string of the molecule is CCOCC(=O)N1CCC[C@H]2[C@@H]1CC(C)(C)N2c1ccc(F)cc1. The Balaban J connectivity index is 1.85. The van der Waals surface area contributed by atoms with Crippen molar-refractivity contribution < 1.29 is 13.9 Å². The average Bonchev–Trinajstić information content (AvgIpc) is 2.83. The van der Waals surface area contributed by atoms with E-state index in [1.54, 1.807) is 0 Å². The summed E-state index contributed by atoms with van der Waals surface area (Å²) >= 11 is 0. The second kappa shape index (κ2) is 6.71. The van der Waals surface area contributed by atoms with E-state index in [-0.39, 0.29) is 36.0 Å². The number of likely N-dealkylation sites (tertiary alicyclic amines) is 1. The van der Waals surface area contributed by atoms with Crippen LogP contribution in [0.2, 0.25) is 0 Å². The summed E-state index contributed by atoms with van der Waals surface area (Å²) < 4.78 is 18.6. The summed E-state index contributed by atoms with van der Waals surface area (Å²) in [4.78, 5) is 16.9. The molecule has 1 aromatic carbocycles. The highest BCUT2D eigenvalue weighted by molar-refractivity contribution is 5.78. The second-order valence-electron chi connectivity index (χ2n) is 7.36. The normalized spacial score (nSPS) is 25.7. The second-order valence-corrected chi connectivity index (χ2v) is 7.36. The molecule has 24 heavy (non-hydrogen) atoms. The topological polar surface area (TPSA) is 32.8 Å². The molecule has 132 valence electrons. The van der Waals surface area contributed by atoms with Gasteiger partial charge in [0.1, 0.15) is 12.4 Å². The smallest absolute Gasteiger partial charge is 0.248 e. The van der Waals surface area contributed by atoms with E-state index in [9.17, 15) is 9.18 Å². The van der Waals surface area contributed by atoms with Gasteiger partial charge in [0.25, 0.3) is 0 Å². The predicted molar refractivity (Wildman–Crippen MR) is 92.6 cm³/mol. The Morgan fingerprint density at radius 2 is 2.00 bits per heavy atom. The fourth-order valence-corrected chi connectivity index (χ4v) is 4.37. The van der Waals surface area contributed by atoms with Crippen LogP contribution in [0.4, 0.5) is 10.1 Å². The van der Waals surface area contributed by atoms with Gasteiger partial charge >= 0.3 is 0 Å². The van der Waals surface area contributed by atoms with Crippen LogP contribution in [-0.4, -0.2) is 48.2 Å². The first-order valence-corrected chi connectivity index (χ1v) is 8.86. The fourth-order valence-electron chi connectivity index (χ4n) is 4.37. The number of amides is 1. The standard InChI is InChI=1S/C19H27FN2O2/c1-4-24-13-18(23)21-11-5-6-16-17(21)12-19(2,3)22(16)15-9-7-14(20)8-10-15/h7-10,16-17H,4-6,11-13H2,1-3H3/t16-,17-/m0/s1. The fraction of sp³-hybridized carbons (Fsp3) is 0.632. The zero-order chi connectivity index (χ0) is 17.3. The number of piperidine rings is 1. The number of hydrogen-bond donors (Lipinski definition) is 0. The highest BCUT2D eigenvalue weighted by atomic mass is 19.1. The number of benzene rings is 1. The first-order valence-electron chi connectivity index (χ1n) is 8.86. The zero-order valence-corrected chi connectivity index (χ0v) is 14.8. The first kappa shape index (κ1) is 17.2. The van der Waals surface area contributed by atoms with Gasteiger partial charge in [-0.25, -0.2) is 4.39 Å². The number of fused-ring (bicyclic) bond motifs is 1. The van der Waals surface area contributed by atoms with Gasteiger partial charge in [0, 0.05) is 24.4 Å². The molecule has 1 aromatic rings. The number of halogens is 1. The minimum Gasteiger partial charge on any atom is -0.372 e. The monoisotopic (exact) mass is 334 g/mol. The number of rotatable bonds is 4. The summed E-state index contributed by atoms with van der Waals surface area (Å²) in [5.74, 6) is -0.132. The summed E-state index contributed by atoms with van der Waals surface area (Å²) in [6.07, 6.45) is 2.98. The van der Waals surface area contributed by atoms with Crippen molar-refractivity contribution in [2.45, 2.75) is 57.7 Å². The Morgan fingerprint density at radius 3 is 2.67 bits per heavy atom. The minimum atomic E-state index is -0.218. The maximum atomic E-state index is 13.3. The van der Waals surface area contributed by atoms with Crippen molar-refractivity contribution in [3.05, 3.63) is 30.1 Å². The lowest BCUT2D eigenvalue weighted by Gasteiger charge is -2.42. The quantitative estimate of drug-likeness (QED) is 0.848. The van der Waals surface area contributed by atoms with Crippen LogP contribution in [0.3, 0.4) is 0 Å². The predicted octanol–water partition coefficient (Wildman–Crippen LogP) is 3.21. The number of anilines is 1. The molecular formula is C19H27FN2O2. The molecule has 0 aliphatic carbocycles. The molecule has 0 bridgehead atoms. The molecular weight excluding hydrogens is 307 g/mol. The third-order valence-corrected chi connectivity index (χ3v) is 5.29. The number of hydrogen-bond acceptors (Lipinski definition) is 3. The minimum absolute atomic E-state index is 0.0678. The Morgan fingerprint density at radius 1 is 1.29 bits per heavy atom.